The molecule has 0 aliphatic heterocycles. The molecule has 0 bridgehead atoms. The Labute approximate surface area is 119 Å². The zero-order valence-electron chi connectivity index (χ0n) is 10.8. The van der Waals surface area contributed by atoms with E-state index in [1.807, 2.05) is 0 Å². The summed E-state index contributed by atoms with van der Waals surface area (Å²) >= 11 is 5.75. The second-order valence-electron chi connectivity index (χ2n) is 4.36. The number of rotatable bonds is 2. The molecule has 3 nitrogen and oxygen atoms in total. The van der Waals surface area contributed by atoms with Crippen molar-refractivity contribution in [2.45, 2.75) is 13.8 Å². The minimum atomic E-state index is -0.700. The topological polar surface area (TPSA) is 42.0 Å². The lowest BCUT2D eigenvalue weighted by Gasteiger charge is -2.08. The number of carbonyl (C=O) groups excluding carboxylic acids is 1. The van der Waals surface area contributed by atoms with Crippen molar-refractivity contribution in [1.82, 2.24) is 4.98 Å². The lowest BCUT2D eigenvalue weighted by atomic mass is 10.2. The largest absolute Gasteiger partial charge is 0.319 e. The normalized spacial score (nSPS) is 10.4. The van der Waals surface area contributed by atoms with Crippen molar-refractivity contribution in [3.05, 3.63) is 57.9 Å². The van der Waals surface area contributed by atoms with E-state index in [2.05, 4.69) is 10.3 Å². The highest BCUT2D eigenvalue weighted by Gasteiger charge is 2.13. The predicted molar refractivity (Wildman–Crippen MR) is 73.0 cm³/mol. The summed E-state index contributed by atoms with van der Waals surface area (Å²) in [6.07, 6.45) is 0. The van der Waals surface area contributed by atoms with E-state index in [0.29, 0.717) is 5.69 Å². The Hall–Kier alpha value is -2.01. The van der Waals surface area contributed by atoms with Gasteiger partial charge in [-0.2, -0.15) is 0 Å². The van der Waals surface area contributed by atoms with Gasteiger partial charge in [0.2, 0.25) is 0 Å². The van der Waals surface area contributed by atoms with E-state index in [1.54, 1.807) is 6.92 Å². The second-order valence-corrected chi connectivity index (χ2v) is 4.74. The van der Waals surface area contributed by atoms with Gasteiger partial charge in [-0.3, -0.25) is 4.79 Å². The molecule has 0 radical (unpaired) electrons. The Balaban J connectivity index is 2.30. The maximum Gasteiger partial charge on any atom is 0.255 e. The Morgan fingerprint density at radius 2 is 1.85 bits per heavy atom. The SMILES string of the molecule is Cc1cc(C(=O)Nc2cc(F)c(C)cc2F)cc(Cl)n1. The summed E-state index contributed by atoms with van der Waals surface area (Å²) in [6.45, 7) is 3.12. The highest BCUT2D eigenvalue weighted by atomic mass is 35.5. The van der Waals surface area contributed by atoms with E-state index < -0.39 is 17.5 Å². The molecular formula is C14H11ClF2N2O. The average molecular weight is 297 g/mol. The number of hydrogen-bond acceptors (Lipinski definition) is 2. The van der Waals surface area contributed by atoms with Crippen LogP contribution in [0.2, 0.25) is 5.15 Å². The molecule has 0 saturated heterocycles. The lowest BCUT2D eigenvalue weighted by Crippen LogP contribution is -2.14. The van der Waals surface area contributed by atoms with E-state index in [4.69, 9.17) is 11.6 Å². The number of benzene rings is 1. The van der Waals surface area contributed by atoms with Crippen molar-refractivity contribution >= 4 is 23.2 Å². The molecule has 0 unspecified atom stereocenters. The molecule has 0 atom stereocenters. The van der Waals surface area contributed by atoms with Crippen LogP contribution in [-0.2, 0) is 0 Å². The summed E-state index contributed by atoms with van der Waals surface area (Å²) in [5.41, 5.74) is 0.730. The van der Waals surface area contributed by atoms with Crippen LogP contribution in [0.4, 0.5) is 14.5 Å². The van der Waals surface area contributed by atoms with Crippen LogP contribution in [0.15, 0.2) is 24.3 Å². The molecule has 0 aliphatic rings. The molecule has 1 amide bonds. The summed E-state index contributed by atoms with van der Waals surface area (Å²) in [7, 11) is 0. The summed E-state index contributed by atoms with van der Waals surface area (Å²) in [6, 6.07) is 4.82. The molecule has 1 heterocycles. The third kappa shape index (κ3) is 3.11. The van der Waals surface area contributed by atoms with Gasteiger partial charge in [-0.25, -0.2) is 13.8 Å². The van der Waals surface area contributed by atoms with Crippen molar-refractivity contribution in [2.24, 2.45) is 0 Å². The Bertz CT molecular complexity index is 669. The molecule has 6 heteroatoms. The number of carbonyl (C=O) groups is 1. The molecule has 2 rings (SSSR count). The molecule has 0 spiro atoms. The number of aromatic nitrogens is 1. The van der Waals surface area contributed by atoms with Crippen molar-refractivity contribution in [3.8, 4) is 0 Å². The standard InChI is InChI=1S/C14H11ClF2N2O/c1-7-3-11(17)12(6-10(7)16)19-14(20)9-4-8(2)18-13(15)5-9/h3-6H,1-2H3,(H,19,20). The predicted octanol–water partition coefficient (Wildman–Crippen LogP) is 3.88. The van der Waals surface area contributed by atoms with Gasteiger partial charge in [0, 0.05) is 17.3 Å². The summed E-state index contributed by atoms with van der Waals surface area (Å²) in [5, 5.41) is 2.47. The minimum absolute atomic E-state index is 0.158. The fraction of sp³-hybridized carbons (Fsp3) is 0.143. The van der Waals surface area contributed by atoms with E-state index in [0.717, 1.165) is 12.1 Å². The van der Waals surface area contributed by atoms with Gasteiger partial charge in [0.05, 0.1) is 5.69 Å². The van der Waals surface area contributed by atoms with Gasteiger partial charge in [-0.1, -0.05) is 11.6 Å². The fourth-order valence-corrected chi connectivity index (χ4v) is 1.95. The van der Waals surface area contributed by atoms with Crippen LogP contribution in [0.1, 0.15) is 21.6 Å². The van der Waals surface area contributed by atoms with Gasteiger partial charge < -0.3 is 5.32 Å². The average Bonchev–Trinajstić information content (AvgIpc) is 2.34. The zero-order chi connectivity index (χ0) is 14.9. The highest BCUT2D eigenvalue weighted by Crippen LogP contribution is 2.20. The van der Waals surface area contributed by atoms with Gasteiger partial charge in [0.25, 0.3) is 5.91 Å². The van der Waals surface area contributed by atoms with Gasteiger partial charge in [0.15, 0.2) is 0 Å². The molecule has 0 saturated carbocycles. The first-order valence-electron chi connectivity index (χ1n) is 5.78. The number of aryl methyl sites for hydroxylation is 2. The molecule has 104 valence electrons. The molecule has 1 N–H and O–H groups in total. The van der Waals surface area contributed by atoms with Crippen LogP contribution in [0.5, 0.6) is 0 Å². The smallest absolute Gasteiger partial charge is 0.255 e. The highest BCUT2D eigenvalue weighted by molar-refractivity contribution is 6.29. The van der Waals surface area contributed by atoms with E-state index >= 15 is 0 Å². The van der Waals surface area contributed by atoms with E-state index in [1.165, 1.54) is 19.1 Å². The summed E-state index contributed by atoms with van der Waals surface area (Å²) < 4.78 is 27.0. The van der Waals surface area contributed by atoms with Crippen LogP contribution in [-0.4, -0.2) is 10.9 Å². The van der Waals surface area contributed by atoms with Crippen LogP contribution in [0.3, 0.4) is 0 Å². The number of pyridine rings is 1. The first-order valence-corrected chi connectivity index (χ1v) is 6.16. The van der Waals surface area contributed by atoms with Crippen LogP contribution >= 0.6 is 11.6 Å². The minimum Gasteiger partial charge on any atom is -0.319 e. The number of nitrogens with zero attached hydrogens (tertiary/aromatic N) is 1. The monoisotopic (exact) mass is 296 g/mol. The Morgan fingerprint density at radius 3 is 2.50 bits per heavy atom. The maximum absolute atomic E-state index is 13.6. The second kappa shape index (κ2) is 5.54. The molecule has 0 aliphatic carbocycles. The Morgan fingerprint density at radius 1 is 1.15 bits per heavy atom. The first kappa shape index (κ1) is 14.4. The number of amides is 1. The quantitative estimate of drug-likeness (QED) is 0.855. The molecule has 20 heavy (non-hydrogen) atoms. The number of hydrogen-bond donors (Lipinski definition) is 1. The van der Waals surface area contributed by atoms with Crippen LogP contribution in [0, 0.1) is 25.5 Å². The first-order chi connectivity index (χ1) is 9.36. The lowest BCUT2D eigenvalue weighted by molar-refractivity contribution is 0.102. The van der Waals surface area contributed by atoms with Crippen molar-refractivity contribution in [2.75, 3.05) is 5.32 Å². The van der Waals surface area contributed by atoms with Crippen molar-refractivity contribution in [3.63, 3.8) is 0 Å². The number of anilines is 1. The fourth-order valence-electron chi connectivity index (χ4n) is 1.70. The van der Waals surface area contributed by atoms with Gasteiger partial charge >= 0.3 is 0 Å². The van der Waals surface area contributed by atoms with Gasteiger partial charge in [-0.15, -0.1) is 0 Å². The number of halogens is 3. The third-order valence-corrected chi connectivity index (χ3v) is 2.87. The third-order valence-electron chi connectivity index (χ3n) is 2.68. The maximum atomic E-state index is 13.6. The number of nitrogens with one attached hydrogen (secondary N) is 1. The van der Waals surface area contributed by atoms with Crippen LogP contribution in [0.25, 0.3) is 0 Å². The summed E-state index contributed by atoms with van der Waals surface area (Å²) in [4.78, 5) is 15.9. The molecule has 0 fully saturated rings. The van der Waals surface area contributed by atoms with Gasteiger partial charge in [-0.05, 0) is 37.6 Å². The zero-order valence-corrected chi connectivity index (χ0v) is 11.6. The van der Waals surface area contributed by atoms with E-state index in [-0.39, 0.29) is 22.0 Å². The van der Waals surface area contributed by atoms with Crippen LogP contribution < -0.4 is 5.32 Å². The Kier molecular flexibility index (Phi) is 3.99. The van der Waals surface area contributed by atoms with E-state index in [9.17, 15) is 13.6 Å². The molecule has 1 aromatic heterocycles. The van der Waals surface area contributed by atoms with Crippen molar-refractivity contribution in [1.29, 1.82) is 0 Å². The molecule has 2 aromatic rings. The van der Waals surface area contributed by atoms with Gasteiger partial charge in [0.1, 0.15) is 16.8 Å². The summed E-state index contributed by atoms with van der Waals surface area (Å²) in [5.74, 6) is -1.88. The molecule has 1 aromatic carbocycles. The van der Waals surface area contributed by atoms with Crippen molar-refractivity contribution < 1.29 is 13.6 Å². The molecular weight excluding hydrogens is 286 g/mol.